The van der Waals surface area contributed by atoms with Gasteiger partial charge in [-0.1, -0.05) is 43.2 Å². The van der Waals surface area contributed by atoms with Gasteiger partial charge in [-0.15, -0.1) is 0 Å². The Morgan fingerprint density at radius 1 is 1.00 bits per heavy atom. The lowest BCUT2D eigenvalue weighted by atomic mass is 9.89. The number of carbonyl (C=O) groups excluding carboxylic acids is 2. The number of nitrogens with one attached hydrogen (secondary N) is 1. The zero-order valence-corrected chi connectivity index (χ0v) is 19.4. The first-order valence-electron chi connectivity index (χ1n) is 11.1. The maximum atomic E-state index is 12.4. The predicted molar refractivity (Wildman–Crippen MR) is 123 cm³/mol. The third-order valence-electron chi connectivity index (χ3n) is 5.61. The summed E-state index contributed by atoms with van der Waals surface area (Å²) in [4.78, 5) is 24.3. The normalized spacial score (nSPS) is 15.1. The van der Waals surface area contributed by atoms with Crippen molar-refractivity contribution in [2.75, 3.05) is 7.11 Å². The smallest absolute Gasteiger partial charge is 0.408 e. The van der Waals surface area contributed by atoms with Gasteiger partial charge in [0.15, 0.2) is 0 Å². The van der Waals surface area contributed by atoms with Gasteiger partial charge in [-0.2, -0.15) is 0 Å². The monoisotopic (exact) mass is 439 g/mol. The number of hydrogen-bond acceptors (Lipinski definition) is 5. The quantitative estimate of drug-likeness (QED) is 0.582. The van der Waals surface area contributed by atoms with E-state index in [1.54, 1.807) is 12.1 Å². The molecule has 0 aromatic heterocycles. The Hall–Kier alpha value is -3.02. The Balaban J connectivity index is 1.63. The van der Waals surface area contributed by atoms with Crippen molar-refractivity contribution in [3.05, 3.63) is 65.2 Å². The van der Waals surface area contributed by atoms with Gasteiger partial charge in [0.1, 0.15) is 18.0 Å². The average Bonchev–Trinajstić information content (AvgIpc) is 3.19. The van der Waals surface area contributed by atoms with Crippen LogP contribution in [-0.2, 0) is 22.5 Å². The molecule has 1 N–H and O–H groups in total. The van der Waals surface area contributed by atoms with Crippen LogP contribution < -0.4 is 10.1 Å². The fraction of sp³-hybridized carbons (Fsp3) is 0.462. The molecule has 32 heavy (non-hydrogen) atoms. The van der Waals surface area contributed by atoms with Crippen LogP contribution in [0.25, 0.3) is 0 Å². The second-order valence-electron chi connectivity index (χ2n) is 9.37. The van der Waals surface area contributed by atoms with Gasteiger partial charge in [0.05, 0.1) is 12.7 Å². The number of esters is 1. The van der Waals surface area contributed by atoms with Crippen molar-refractivity contribution in [2.24, 2.45) is 0 Å². The van der Waals surface area contributed by atoms with Crippen LogP contribution >= 0.6 is 0 Å². The van der Waals surface area contributed by atoms with Crippen LogP contribution in [0.5, 0.6) is 5.75 Å². The van der Waals surface area contributed by atoms with Crippen LogP contribution in [0.15, 0.2) is 48.5 Å². The van der Waals surface area contributed by atoms with Crippen molar-refractivity contribution in [3.63, 3.8) is 0 Å². The minimum absolute atomic E-state index is 0.273. The Kier molecular flexibility index (Phi) is 7.44. The minimum Gasteiger partial charge on any atom is -0.489 e. The molecule has 2 aromatic carbocycles. The molecule has 6 nitrogen and oxygen atoms in total. The summed E-state index contributed by atoms with van der Waals surface area (Å²) in [7, 11) is 1.37. The van der Waals surface area contributed by atoms with E-state index in [0.29, 0.717) is 11.3 Å². The van der Waals surface area contributed by atoms with Crippen molar-refractivity contribution in [3.8, 4) is 5.75 Å². The molecule has 0 atom stereocenters. The van der Waals surface area contributed by atoms with Gasteiger partial charge < -0.3 is 19.5 Å². The van der Waals surface area contributed by atoms with E-state index in [2.05, 4.69) is 5.32 Å². The van der Waals surface area contributed by atoms with E-state index < -0.39 is 5.60 Å². The van der Waals surface area contributed by atoms with Crippen LogP contribution in [0, 0.1) is 0 Å². The minimum atomic E-state index is -0.519. The van der Waals surface area contributed by atoms with Gasteiger partial charge in [-0.3, -0.25) is 0 Å². The largest absolute Gasteiger partial charge is 0.489 e. The van der Waals surface area contributed by atoms with Crippen LogP contribution in [0.3, 0.4) is 0 Å². The molecular formula is C26H33NO5. The summed E-state index contributed by atoms with van der Waals surface area (Å²) in [6, 6.07) is 15.1. The predicted octanol–water partition coefficient (Wildman–Crippen LogP) is 5.43. The van der Waals surface area contributed by atoms with Crippen molar-refractivity contribution in [1.29, 1.82) is 0 Å². The second-order valence-corrected chi connectivity index (χ2v) is 9.37. The number of amides is 1. The molecule has 0 heterocycles. The number of benzene rings is 2. The molecule has 0 spiro atoms. The van der Waals surface area contributed by atoms with E-state index in [1.165, 1.54) is 7.11 Å². The molecule has 1 amide bonds. The molecule has 1 saturated carbocycles. The summed E-state index contributed by atoms with van der Waals surface area (Å²) in [5, 5.41) is 3.14. The third-order valence-corrected chi connectivity index (χ3v) is 5.61. The molecule has 0 aliphatic heterocycles. The fourth-order valence-corrected chi connectivity index (χ4v) is 4.13. The molecule has 3 rings (SSSR count). The lowest BCUT2D eigenvalue weighted by molar-refractivity contribution is 0.0455. The molecule has 0 unspecified atom stereocenters. The standard InChI is InChI=1S/C26H33NO5/c1-25(2,3)32-24(29)27-26(15-7-8-16-26)17-19-11-13-21(14-12-19)31-18-20-9-5-6-10-22(20)23(28)30-4/h5-6,9-14H,7-8,15-18H2,1-4H3,(H,27,29). The molecule has 172 valence electrons. The Labute approximate surface area is 190 Å². The number of ether oxygens (including phenoxy) is 3. The van der Waals surface area contributed by atoms with Crippen molar-refractivity contribution < 1.29 is 23.8 Å². The average molecular weight is 440 g/mol. The summed E-state index contributed by atoms with van der Waals surface area (Å²) in [6.45, 7) is 5.89. The SMILES string of the molecule is COC(=O)c1ccccc1COc1ccc(CC2(NC(=O)OC(C)(C)C)CCCC2)cc1. The Morgan fingerprint density at radius 2 is 1.66 bits per heavy atom. The van der Waals surface area contributed by atoms with Gasteiger partial charge in [0.2, 0.25) is 0 Å². The van der Waals surface area contributed by atoms with E-state index in [9.17, 15) is 9.59 Å². The number of alkyl carbamates (subject to hydrolysis) is 1. The van der Waals surface area contributed by atoms with Gasteiger partial charge in [-0.25, -0.2) is 9.59 Å². The summed E-state index contributed by atoms with van der Waals surface area (Å²) in [5.74, 6) is 0.341. The highest BCUT2D eigenvalue weighted by molar-refractivity contribution is 5.90. The first kappa shape index (κ1) is 23.6. The number of rotatable bonds is 7. The molecule has 0 bridgehead atoms. The van der Waals surface area contributed by atoms with Crippen LogP contribution in [-0.4, -0.2) is 30.3 Å². The first-order chi connectivity index (χ1) is 15.2. The molecule has 2 aromatic rings. The van der Waals surface area contributed by atoms with E-state index in [-0.39, 0.29) is 24.2 Å². The van der Waals surface area contributed by atoms with Crippen molar-refractivity contribution in [2.45, 2.75) is 70.6 Å². The van der Waals surface area contributed by atoms with Crippen LogP contribution in [0.2, 0.25) is 0 Å². The van der Waals surface area contributed by atoms with Crippen LogP contribution in [0.1, 0.15) is 67.9 Å². The van der Waals surface area contributed by atoms with Gasteiger partial charge in [0.25, 0.3) is 0 Å². The summed E-state index contributed by atoms with van der Waals surface area (Å²) in [5.41, 5.74) is 1.61. The highest BCUT2D eigenvalue weighted by atomic mass is 16.6. The number of hydrogen-bond donors (Lipinski definition) is 1. The molecule has 0 radical (unpaired) electrons. The van der Waals surface area contributed by atoms with Crippen LogP contribution in [0.4, 0.5) is 4.79 Å². The van der Waals surface area contributed by atoms with E-state index in [4.69, 9.17) is 14.2 Å². The summed E-state index contributed by atoms with van der Waals surface area (Å²) < 4.78 is 16.2. The molecule has 6 heteroatoms. The zero-order valence-electron chi connectivity index (χ0n) is 19.4. The Morgan fingerprint density at radius 3 is 2.28 bits per heavy atom. The zero-order chi connectivity index (χ0) is 23.2. The van der Waals surface area contributed by atoms with E-state index in [0.717, 1.165) is 43.2 Å². The highest BCUT2D eigenvalue weighted by Crippen LogP contribution is 2.33. The number of methoxy groups -OCH3 is 1. The summed E-state index contributed by atoms with van der Waals surface area (Å²) in [6.07, 6.45) is 4.46. The van der Waals surface area contributed by atoms with Crippen molar-refractivity contribution >= 4 is 12.1 Å². The lowest BCUT2D eigenvalue weighted by Gasteiger charge is -2.32. The lowest BCUT2D eigenvalue weighted by Crippen LogP contribution is -2.49. The number of carbonyl (C=O) groups is 2. The summed E-state index contributed by atoms with van der Waals surface area (Å²) >= 11 is 0. The maximum absolute atomic E-state index is 12.4. The maximum Gasteiger partial charge on any atom is 0.408 e. The molecule has 0 saturated heterocycles. The van der Waals surface area contributed by atoms with E-state index in [1.807, 2.05) is 57.2 Å². The molecule has 1 aliphatic rings. The highest BCUT2D eigenvalue weighted by Gasteiger charge is 2.36. The molecule has 1 aliphatic carbocycles. The van der Waals surface area contributed by atoms with Gasteiger partial charge in [-0.05, 0) is 63.8 Å². The Bertz CT molecular complexity index is 924. The second kappa shape index (κ2) is 10.1. The fourth-order valence-electron chi connectivity index (χ4n) is 4.13. The van der Waals surface area contributed by atoms with Gasteiger partial charge >= 0.3 is 12.1 Å². The van der Waals surface area contributed by atoms with Crippen molar-refractivity contribution in [1.82, 2.24) is 5.32 Å². The van der Waals surface area contributed by atoms with Gasteiger partial charge in [0, 0.05) is 11.1 Å². The third kappa shape index (κ3) is 6.49. The first-order valence-corrected chi connectivity index (χ1v) is 11.1. The van der Waals surface area contributed by atoms with E-state index >= 15 is 0 Å². The molecular weight excluding hydrogens is 406 g/mol. The molecule has 1 fully saturated rings. The topological polar surface area (TPSA) is 73.9 Å².